The van der Waals surface area contributed by atoms with E-state index in [1.54, 1.807) is 6.26 Å². The molecule has 3 nitrogen and oxygen atoms in total. The third kappa shape index (κ3) is 4.42. The first-order valence-electron chi connectivity index (χ1n) is 5.09. The fourth-order valence-corrected chi connectivity index (χ4v) is 1.66. The van der Waals surface area contributed by atoms with Crippen LogP contribution in [0, 0.1) is 6.92 Å². The Labute approximate surface area is 93.8 Å². The van der Waals surface area contributed by atoms with Crippen LogP contribution in [0.1, 0.15) is 19.0 Å². The Kier molecular flexibility index (Phi) is 4.75. The van der Waals surface area contributed by atoms with Gasteiger partial charge in [-0.3, -0.25) is 4.21 Å². The highest BCUT2D eigenvalue weighted by atomic mass is 32.2. The molecule has 4 heteroatoms. The molecule has 0 spiro atoms. The van der Waals surface area contributed by atoms with E-state index in [2.05, 4.69) is 10.3 Å². The molecule has 0 saturated carbocycles. The summed E-state index contributed by atoms with van der Waals surface area (Å²) in [5.74, 6) is 0.893. The van der Waals surface area contributed by atoms with Gasteiger partial charge in [0.25, 0.3) is 0 Å². The fourth-order valence-electron chi connectivity index (χ4n) is 1.21. The predicted molar refractivity (Wildman–Crippen MR) is 65.6 cm³/mol. The average Bonchev–Trinajstić information content (AvgIpc) is 2.17. The molecule has 0 aliphatic heterocycles. The fraction of sp³-hybridized carbons (Fsp3) is 0.545. The number of nitrogens with one attached hydrogen (secondary N) is 1. The molecular formula is C11H18N2OS. The molecular weight excluding hydrogens is 208 g/mol. The lowest BCUT2D eigenvalue weighted by Gasteiger charge is -2.09. The van der Waals surface area contributed by atoms with Crippen LogP contribution >= 0.6 is 0 Å². The summed E-state index contributed by atoms with van der Waals surface area (Å²) in [5, 5.41) is 3.46. The van der Waals surface area contributed by atoms with Crippen molar-refractivity contribution in [3.05, 3.63) is 23.9 Å². The molecule has 0 fully saturated rings. The maximum Gasteiger partial charge on any atom is 0.126 e. The van der Waals surface area contributed by atoms with Gasteiger partial charge in [0.1, 0.15) is 5.82 Å². The van der Waals surface area contributed by atoms with Crippen LogP contribution in [0.2, 0.25) is 0 Å². The minimum absolute atomic E-state index is 0.238. The number of pyridine rings is 1. The predicted octanol–water partition coefficient (Wildman–Crippen LogP) is 1.96. The zero-order chi connectivity index (χ0) is 11.3. The molecule has 0 amide bonds. The van der Waals surface area contributed by atoms with Crippen LogP contribution in [-0.2, 0) is 10.8 Å². The average molecular weight is 226 g/mol. The lowest BCUT2D eigenvalue weighted by molar-refractivity contribution is 0.672. The molecule has 1 aromatic heterocycles. The molecule has 0 saturated heterocycles. The van der Waals surface area contributed by atoms with Crippen molar-refractivity contribution in [3.63, 3.8) is 0 Å². The molecule has 2 unspecified atom stereocenters. The molecule has 1 N–H and O–H groups in total. The van der Waals surface area contributed by atoms with Gasteiger partial charge in [-0.2, -0.15) is 0 Å². The SMILES string of the molecule is Cc1cccc(NCCC(C)S(C)=O)n1. The van der Waals surface area contributed by atoms with Gasteiger partial charge >= 0.3 is 0 Å². The van der Waals surface area contributed by atoms with Gasteiger partial charge in [0.15, 0.2) is 0 Å². The van der Waals surface area contributed by atoms with Gasteiger partial charge in [-0.15, -0.1) is 0 Å². The molecule has 0 aliphatic carbocycles. The second kappa shape index (κ2) is 5.85. The van der Waals surface area contributed by atoms with Gasteiger partial charge in [-0.25, -0.2) is 4.98 Å². The molecule has 1 heterocycles. The Hall–Kier alpha value is -0.900. The molecule has 0 bridgehead atoms. The number of aromatic nitrogens is 1. The van der Waals surface area contributed by atoms with Crippen LogP contribution < -0.4 is 5.32 Å². The van der Waals surface area contributed by atoms with Crippen molar-refractivity contribution < 1.29 is 4.21 Å². The topological polar surface area (TPSA) is 42.0 Å². The Morgan fingerprint density at radius 2 is 2.27 bits per heavy atom. The van der Waals surface area contributed by atoms with Crippen molar-refractivity contribution in [2.24, 2.45) is 0 Å². The summed E-state index contributed by atoms with van der Waals surface area (Å²) < 4.78 is 11.1. The highest BCUT2D eigenvalue weighted by Gasteiger charge is 2.05. The van der Waals surface area contributed by atoms with Crippen molar-refractivity contribution in [1.29, 1.82) is 0 Å². The van der Waals surface area contributed by atoms with E-state index in [9.17, 15) is 4.21 Å². The minimum atomic E-state index is -0.733. The summed E-state index contributed by atoms with van der Waals surface area (Å²) >= 11 is 0. The maximum atomic E-state index is 11.1. The lowest BCUT2D eigenvalue weighted by atomic mass is 10.3. The molecule has 15 heavy (non-hydrogen) atoms. The smallest absolute Gasteiger partial charge is 0.126 e. The van der Waals surface area contributed by atoms with E-state index >= 15 is 0 Å². The quantitative estimate of drug-likeness (QED) is 0.834. The molecule has 0 radical (unpaired) electrons. The van der Waals surface area contributed by atoms with Gasteiger partial charge in [-0.05, 0) is 25.5 Å². The van der Waals surface area contributed by atoms with E-state index in [1.807, 2.05) is 32.0 Å². The molecule has 1 aromatic rings. The van der Waals surface area contributed by atoms with Crippen LogP contribution in [0.5, 0.6) is 0 Å². The first-order valence-corrected chi connectivity index (χ1v) is 6.71. The summed E-state index contributed by atoms with van der Waals surface area (Å²) in [7, 11) is -0.733. The third-order valence-electron chi connectivity index (χ3n) is 2.31. The molecule has 0 aliphatic rings. The summed E-state index contributed by atoms with van der Waals surface area (Å²) in [6.07, 6.45) is 2.65. The number of aryl methyl sites for hydroxylation is 1. The first kappa shape index (κ1) is 12.2. The van der Waals surface area contributed by atoms with Gasteiger partial charge in [0, 0.05) is 34.5 Å². The van der Waals surface area contributed by atoms with Gasteiger partial charge < -0.3 is 5.32 Å². The third-order valence-corrected chi connectivity index (χ3v) is 3.68. The summed E-state index contributed by atoms with van der Waals surface area (Å²) in [4.78, 5) is 4.33. The monoisotopic (exact) mass is 226 g/mol. The Balaban J connectivity index is 2.35. The van der Waals surface area contributed by atoms with Crippen molar-refractivity contribution in [2.45, 2.75) is 25.5 Å². The van der Waals surface area contributed by atoms with E-state index in [0.717, 1.165) is 24.5 Å². The highest BCUT2D eigenvalue weighted by molar-refractivity contribution is 7.84. The molecule has 2 atom stereocenters. The van der Waals surface area contributed by atoms with E-state index in [0.29, 0.717) is 0 Å². The van der Waals surface area contributed by atoms with Crippen LogP contribution in [0.4, 0.5) is 5.82 Å². The van der Waals surface area contributed by atoms with Crippen molar-refractivity contribution >= 4 is 16.6 Å². The van der Waals surface area contributed by atoms with E-state index in [4.69, 9.17) is 0 Å². The zero-order valence-corrected chi connectivity index (χ0v) is 10.3. The molecule has 84 valence electrons. The van der Waals surface area contributed by atoms with Crippen molar-refractivity contribution in [2.75, 3.05) is 18.1 Å². The zero-order valence-electron chi connectivity index (χ0n) is 9.49. The van der Waals surface area contributed by atoms with Crippen molar-refractivity contribution in [1.82, 2.24) is 4.98 Å². The number of hydrogen-bond acceptors (Lipinski definition) is 3. The van der Waals surface area contributed by atoms with Crippen molar-refractivity contribution in [3.8, 4) is 0 Å². The summed E-state index contributed by atoms with van der Waals surface area (Å²) in [6.45, 7) is 4.79. The number of hydrogen-bond donors (Lipinski definition) is 1. The van der Waals surface area contributed by atoms with E-state index in [1.165, 1.54) is 0 Å². The Morgan fingerprint density at radius 1 is 1.53 bits per heavy atom. The van der Waals surface area contributed by atoms with Crippen LogP contribution in [0.15, 0.2) is 18.2 Å². The first-order chi connectivity index (χ1) is 7.09. The van der Waals surface area contributed by atoms with Gasteiger partial charge in [0.2, 0.25) is 0 Å². The summed E-state index contributed by atoms with van der Waals surface area (Å²) in [5.41, 5.74) is 1.01. The number of anilines is 1. The molecule has 0 aromatic carbocycles. The number of rotatable bonds is 5. The summed E-state index contributed by atoms with van der Waals surface area (Å²) in [6, 6.07) is 5.89. The Morgan fingerprint density at radius 3 is 2.87 bits per heavy atom. The number of nitrogens with zero attached hydrogens (tertiary/aromatic N) is 1. The minimum Gasteiger partial charge on any atom is -0.370 e. The van der Waals surface area contributed by atoms with Gasteiger partial charge in [-0.1, -0.05) is 13.0 Å². The van der Waals surface area contributed by atoms with E-state index in [-0.39, 0.29) is 5.25 Å². The standard InChI is InChI=1S/C11H18N2OS/c1-9-5-4-6-11(13-9)12-8-7-10(2)15(3)14/h4-6,10H,7-8H2,1-3H3,(H,12,13). The van der Waals surface area contributed by atoms with Crippen LogP contribution in [0.3, 0.4) is 0 Å². The van der Waals surface area contributed by atoms with Crippen LogP contribution in [0.25, 0.3) is 0 Å². The second-order valence-corrected chi connectivity index (χ2v) is 5.49. The van der Waals surface area contributed by atoms with E-state index < -0.39 is 10.8 Å². The normalized spacial score (nSPS) is 14.6. The highest BCUT2D eigenvalue weighted by Crippen LogP contribution is 2.05. The van der Waals surface area contributed by atoms with Gasteiger partial charge in [0.05, 0.1) is 0 Å². The largest absolute Gasteiger partial charge is 0.370 e. The van der Waals surface area contributed by atoms with Crippen LogP contribution in [-0.4, -0.2) is 27.2 Å². The lowest BCUT2D eigenvalue weighted by Crippen LogP contribution is -2.15. The second-order valence-electron chi connectivity index (χ2n) is 3.69. The maximum absolute atomic E-state index is 11.1. The Bertz CT molecular complexity index is 341. The molecule has 1 rings (SSSR count).